The molecule has 1 aromatic heterocycles. The lowest BCUT2D eigenvalue weighted by Crippen LogP contribution is -2.41. The molecule has 0 bridgehead atoms. The van der Waals surface area contributed by atoms with Crippen molar-refractivity contribution in [2.24, 2.45) is 0 Å². The second kappa shape index (κ2) is 8.24. The zero-order valence-electron chi connectivity index (χ0n) is 18.1. The molecule has 12 heteroatoms. The number of rotatable bonds is 5. The fraction of sp³-hybridized carbons (Fsp3) is 0.476. The molecule has 0 unspecified atom stereocenters. The zero-order chi connectivity index (χ0) is 24.1. The van der Waals surface area contributed by atoms with E-state index < -0.39 is 39.8 Å². The molecule has 0 radical (unpaired) electrons. The van der Waals surface area contributed by atoms with E-state index in [0.29, 0.717) is 48.2 Å². The van der Waals surface area contributed by atoms with Crippen LogP contribution in [0.25, 0.3) is 0 Å². The van der Waals surface area contributed by atoms with Gasteiger partial charge in [-0.3, -0.25) is 9.59 Å². The summed E-state index contributed by atoms with van der Waals surface area (Å²) in [7, 11) is -0.826. The molecule has 1 fully saturated rings. The third kappa shape index (κ3) is 4.54. The van der Waals surface area contributed by atoms with Crippen LogP contribution in [0.15, 0.2) is 34.0 Å². The van der Waals surface area contributed by atoms with Gasteiger partial charge in [0.2, 0.25) is 15.9 Å². The van der Waals surface area contributed by atoms with Crippen LogP contribution in [0.1, 0.15) is 42.0 Å². The molecule has 0 saturated heterocycles. The van der Waals surface area contributed by atoms with Crippen LogP contribution >= 0.6 is 0 Å². The topological polar surface area (TPSA) is 92.6 Å². The Morgan fingerprint density at radius 1 is 1.21 bits per heavy atom. The van der Waals surface area contributed by atoms with Crippen molar-refractivity contribution in [3.63, 3.8) is 0 Å². The second-order valence-corrected chi connectivity index (χ2v) is 10.6. The fourth-order valence-electron chi connectivity index (χ4n) is 3.87. The molecule has 0 atom stereocenters. The molecule has 1 aliphatic carbocycles. The van der Waals surface area contributed by atoms with Gasteiger partial charge in [-0.25, -0.2) is 17.4 Å². The summed E-state index contributed by atoms with van der Waals surface area (Å²) in [6, 6.07) is 5.19. The largest absolute Gasteiger partial charge is 0.421 e. The lowest BCUT2D eigenvalue weighted by atomic mass is 10.0. The van der Waals surface area contributed by atoms with Gasteiger partial charge in [0.05, 0.1) is 10.6 Å². The fourth-order valence-corrected chi connectivity index (χ4v) is 4.82. The van der Waals surface area contributed by atoms with E-state index in [1.54, 1.807) is 0 Å². The molecule has 1 amide bonds. The molecule has 8 nitrogen and oxygen atoms in total. The maximum absolute atomic E-state index is 13.4. The number of amides is 1. The Morgan fingerprint density at radius 2 is 1.91 bits per heavy atom. The molecule has 33 heavy (non-hydrogen) atoms. The number of anilines is 1. The van der Waals surface area contributed by atoms with Crippen molar-refractivity contribution >= 4 is 21.6 Å². The first-order chi connectivity index (χ1) is 15.4. The molecule has 1 aromatic carbocycles. The summed E-state index contributed by atoms with van der Waals surface area (Å²) >= 11 is 0. The Morgan fingerprint density at radius 3 is 2.52 bits per heavy atom. The molecule has 4 rings (SSSR count). The number of carbonyl (C=O) groups is 1. The van der Waals surface area contributed by atoms with Gasteiger partial charge in [0, 0.05) is 32.2 Å². The zero-order valence-corrected chi connectivity index (χ0v) is 18.9. The molecular formula is C21H23F3N4O4S. The number of aromatic nitrogens is 2. The highest BCUT2D eigenvalue weighted by Crippen LogP contribution is 2.40. The SMILES string of the molecule is CN(C)S(=O)(=O)c1ccc2c(c1)CCCN2C(=O)Cn1nc(C2CC2)cc(C(F)(F)F)c1=O. The van der Waals surface area contributed by atoms with Gasteiger partial charge in [0.25, 0.3) is 5.56 Å². The maximum atomic E-state index is 13.4. The summed E-state index contributed by atoms with van der Waals surface area (Å²) in [5, 5.41) is 4.04. The van der Waals surface area contributed by atoms with Gasteiger partial charge in [-0.2, -0.15) is 18.3 Å². The highest BCUT2D eigenvalue weighted by atomic mass is 32.2. The van der Waals surface area contributed by atoms with E-state index in [2.05, 4.69) is 5.10 Å². The van der Waals surface area contributed by atoms with Crippen molar-refractivity contribution in [1.29, 1.82) is 0 Å². The summed E-state index contributed by atoms with van der Waals surface area (Å²) in [5.74, 6) is -0.726. The third-order valence-electron chi connectivity index (χ3n) is 5.83. The van der Waals surface area contributed by atoms with Crippen LogP contribution in [-0.4, -0.2) is 49.1 Å². The number of fused-ring (bicyclic) bond motifs is 1. The van der Waals surface area contributed by atoms with Crippen LogP contribution in [-0.2, 0) is 34.0 Å². The van der Waals surface area contributed by atoms with Gasteiger partial charge in [0.1, 0.15) is 12.1 Å². The van der Waals surface area contributed by atoms with Gasteiger partial charge in [-0.15, -0.1) is 0 Å². The number of halogens is 3. The minimum atomic E-state index is -4.85. The highest BCUT2D eigenvalue weighted by molar-refractivity contribution is 7.89. The van der Waals surface area contributed by atoms with Gasteiger partial charge in [-0.05, 0) is 55.5 Å². The molecular weight excluding hydrogens is 461 g/mol. The first-order valence-electron chi connectivity index (χ1n) is 10.4. The smallest absolute Gasteiger partial charge is 0.311 e. The van der Waals surface area contributed by atoms with Crippen LogP contribution in [0.3, 0.4) is 0 Å². The minimum absolute atomic E-state index is 0.0883. The van der Waals surface area contributed by atoms with E-state index >= 15 is 0 Å². The molecule has 2 aliphatic rings. The number of sulfonamides is 1. The summed E-state index contributed by atoms with van der Waals surface area (Å²) in [4.78, 5) is 26.9. The molecule has 0 N–H and O–H groups in total. The summed E-state index contributed by atoms with van der Waals surface area (Å²) in [6.07, 6.45) is -2.38. The molecule has 2 aromatic rings. The van der Waals surface area contributed by atoms with Crippen LogP contribution in [0.2, 0.25) is 0 Å². The van der Waals surface area contributed by atoms with Gasteiger partial charge >= 0.3 is 6.18 Å². The van der Waals surface area contributed by atoms with Crippen LogP contribution in [0, 0.1) is 0 Å². The summed E-state index contributed by atoms with van der Waals surface area (Å²) < 4.78 is 66.7. The standard InChI is InChI=1S/C21H23F3N4O4S/c1-26(2)33(31,32)15-7-8-18-14(10-15)4-3-9-27(18)19(29)12-28-20(30)16(21(22,23)24)11-17(25-28)13-5-6-13/h7-8,10-11,13H,3-6,9,12H2,1-2H3. The molecule has 0 spiro atoms. The Labute approximate surface area is 188 Å². The third-order valence-corrected chi connectivity index (χ3v) is 7.64. The first kappa shape index (κ1) is 23.4. The predicted octanol–water partition coefficient (Wildman–Crippen LogP) is 2.37. The lowest BCUT2D eigenvalue weighted by molar-refractivity contribution is -0.139. The number of hydrogen-bond acceptors (Lipinski definition) is 5. The molecule has 178 valence electrons. The number of nitrogens with zero attached hydrogens (tertiary/aromatic N) is 4. The maximum Gasteiger partial charge on any atom is 0.421 e. The van der Waals surface area contributed by atoms with Crippen molar-refractivity contribution in [2.75, 3.05) is 25.5 Å². The summed E-state index contributed by atoms with van der Waals surface area (Å²) in [5.41, 5.74) is -1.41. The van der Waals surface area contributed by atoms with Crippen molar-refractivity contribution in [1.82, 2.24) is 14.1 Å². The Kier molecular flexibility index (Phi) is 5.85. The minimum Gasteiger partial charge on any atom is -0.311 e. The molecule has 2 heterocycles. The van der Waals surface area contributed by atoms with Crippen molar-refractivity contribution in [3.05, 3.63) is 51.4 Å². The average molecular weight is 485 g/mol. The van der Waals surface area contributed by atoms with Gasteiger partial charge in [-0.1, -0.05) is 0 Å². The van der Waals surface area contributed by atoms with E-state index in [1.165, 1.54) is 37.2 Å². The summed E-state index contributed by atoms with van der Waals surface area (Å²) in [6.45, 7) is -0.339. The number of aryl methyl sites for hydroxylation is 1. The van der Waals surface area contributed by atoms with Gasteiger partial charge in [0.15, 0.2) is 0 Å². The molecule has 1 saturated carbocycles. The number of carbonyl (C=O) groups excluding carboxylic acids is 1. The second-order valence-electron chi connectivity index (χ2n) is 8.44. The lowest BCUT2D eigenvalue weighted by Gasteiger charge is -2.30. The Bertz CT molecular complexity index is 1270. The Hall–Kier alpha value is -2.73. The average Bonchev–Trinajstić information content (AvgIpc) is 3.58. The molecule has 1 aliphatic heterocycles. The monoisotopic (exact) mass is 484 g/mol. The van der Waals surface area contributed by atoms with Crippen LogP contribution in [0.5, 0.6) is 0 Å². The van der Waals surface area contributed by atoms with E-state index in [4.69, 9.17) is 0 Å². The number of hydrogen-bond donors (Lipinski definition) is 0. The van der Waals surface area contributed by atoms with Crippen molar-refractivity contribution in [3.8, 4) is 0 Å². The van der Waals surface area contributed by atoms with E-state index in [9.17, 15) is 31.2 Å². The Balaban J connectivity index is 1.66. The highest BCUT2D eigenvalue weighted by Gasteiger charge is 2.38. The first-order valence-corrected chi connectivity index (χ1v) is 11.9. The number of alkyl halides is 3. The number of benzene rings is 1. The van der Waals surface area contributed by atoms with E-state index in [0.717, 1.165) is 10.4 Å². The van der Waals surface area contributed by atoms with E-state index in [1.807, 2.05) is 0 Å². The van der Waals surface area contributed by atoms with Gasteiger partial charge < -0.3 is 4.90 Å². The van der Waals surface area contributed by atoms with E-state index in [-0.39, 0.29) is 16.5 Å². The predicted molar refractivity (Wildman–Crippen MR) is 113 cm³/mol. The van der Waals surface area contributed by atoms with Crippen molar-refractivity contribution < 1.29 is 26.4 Å². The normalized spacial score (nSPS) is 16.7. The van der Waals surface area contributed by atoms with Crippen LogP contribution in [0.4, 0.5) is 18.9 Å². The quantitative estimate of drug-likeness (QED) is 0.650. The van der Waals surface area contributed by atoms with Crippen molar-refractivity contribution in [2.45, 2.75) is 49.2 Å². The van der Waals surface area contributed by atoms with Crippen LogP contribution < -0.4 is 10.5 Å².